The van der Waals surface area contributed by atoms with Crippen molar-refractivity contribution >= 4 is 15.9 Å². The van der Waals surface area contributed by atoms with Gasteiger partial charge in [-0.1, -0.05) is 12.5 Å². The quantitative estimate of drug-likeness (QED) is 0.856. The molecule has 3 aliphatic heterocycles. The molecule has 0 unspecified atom stereocenters. The molecule has 3 saturated heterocycles. The van der Waals surface area contributed by atoms with E-state index < -0.39 is 10.0 Å². The van der Waals surface area contributed by atoms with Gasteiger partial charge in [-0.15, -0.1) is 0 Å². The van der Waals surface area contributed by atoms with Crippen LogP contribution in [0.5, 0.6) is 0 Å². The third-order valence-corrected chi connectivity index (χ3v) is 8.37. The highest BCUT2D eigenvalue weighted by Gasteiger charge is 2.38. The molecule has 0 radical (unpaired) electrons. The van der Waals surface area contributed by atoms with Crippen molar-refractivity contribution in [3.8, 4) is 0 Å². The summed E-state index contributed by atoms with van der Waals surface area (Å²) in [4.78, 5) is 15.1. The Bertz CT molecular complexity index is 786. The van der Waals surface area contributed by atoms with Gasteiger partial charge in [0.1, 0.15) is 0 Å². The van der Waals surface area contributed by atoms with E-state index in [0.29, 0.717) is 24.1 Å². The van der Waals surface area contributed by atoms with Crippen molar-refractivity contribution < 1.29 is 13.2 Å². The SMILES string of the molecule is O=C(c1cccc(S(=O)(=O)N2CCCCC2)c1)N1CCC2(CCNC2)CC1. The maximum absolute atomic E-state index is 13.0. The molecule has 3 aliphatic rings. The minimum absolute atomic E-state index is 0.0495. The monoisotopic (exact) mass is 391 g/mol. The van der Waals surface area contributed by atoms with Gasteiger partial charge in [-0.3, -0.25) is 4.79 Å². The van der Waals surface area contributed by atoms with Crippen LogP contribution in [0.2, 0.25) is 0 Å². The molecule has 4 rings (SSSR count). The lowest BCUT2D eigenvalue weighted by Gasteiger charge is -2.39. The van der Waals surface area contributed by atoms with E-state index in [4.69, 9.17) is 0 Å². The number of hydrogen-bond acceptors (Lipinski definition) is 4. The number of hydrogen-bond donors (Lipinski definition) is 1. The minimum Gasteiger partial charge on any atom is -0.339 e. The van der Waals surface area contributed by atoms with Gasteiger partial charge in [0.05, 0.1) is 4.90 Å². The van der Waals surface area contributed by atoms with Crippen LogP contribution in [0, 0.1) is 5.41 Å². The van der Waals surface area contributed by atoms with Gasteiger partial charge in [-0.05, 0) is 62.3 Å². The smallest absolute Gasteiger partial charge is 0.253 e. The average molecular weight is 392 g/mol. The zero-order valence-electron chi connectivity index (χ0n) is 15.8. The first-order valence-electron chi connectivity index (χ1n) is 10.1. The van der Waals surface area contributed by atoms with Crippen LogP contribution in [0.3, 0.4) is 0 Å². The Morgan fingerprint density at radius 1 is 1.00 bits per heavy atom. The highest BCUT2D eigenvalue weighted by atomic mass is 32.2. The summed E-state index contributed by atoms with van der Waals surface area (Å²) < 4.78 is 27.4. The van der Waals surface area contributed by atoms with E-state index in [2.05, 4.69) is 5.32 Å². The number of likely N-dealkylation sites (tertiary alicyclic amines) is 1. The van der Waals surface area contributed by atoms with Crippen LogP contribution in [0.25, 0.3) is 0 Å². The van der Waals surface area contributed by atoms with Gasteiger partial charge in [0.2, 0.25) is 10.0 Å². The molecule has 1 amide bonds. The van der Waals surface area contributed by atoms with Gasteiger partial charge in [-0.2, -0.15) is 4.31 Å². The van der Waals surface area contributed by atoms with Crippen molar-refractivity contribution in [3.05, 3.63) is 29.8 Å². The maximum atomic E-state index is 13.0. The Morgan fingerprint density at radius 2 is 1.74 bits per heavy atom. The van der Waals surface area contributed by atoms with Crippen LogP contribution in [0.1, 0.15) is 48.9 Å². The Kier molecular flexibility index (Phi) is 5.27. The third-order valence-electron chi connectivity index (χ3n) is 6.48. The lowest BCUT2D eigenvalue weighted by molar-refractivity contribution is 0.0607. The Labute approximate surface area is 162 Å². The standard InChI is InChI=1S/C20H29N3O3S/c24-19(22-13-8-20(9-14-22)7-10-21-16-20)17-5-4-6-18(15-17)27(25,26)23-11-2-1-3-12-23/h4-6,15,21H,1-3,7-14,16H2. The van der Waals surface area contributed by atoms with Gasteiger partial charge in [0.15, 0.2) is 0 Å². The maximum Gasteiger partial charge on any atom is 0.253 e. The van der Waals surface area contributed by atoms with E-state index in [1.165, 1.54) is 6.42 Å². The second-order valence-electron chi connectivity index (χ2n) is 8.21. The lowest BCUT2D eigenvalue weighted by Crippen LogP contribution is -2.44. The van der Waals surface area contributed by atoms with E-state index >= 15 is 0 Å². The molecular weight excluding hydrogens is 362 g/mol. The van der Waals surface area contributed by atoms with Gasteiger partial charge in [0, 0.05) is 38.3 Å². The highest BCUT2D eigenvalue weighted by molar-refractivity contribution is 7.89. The number of carbonyl (C=O) groups excluding carboxylic acids is 1. The number of nitrogens with zero attached hydrogens (tertiary/aromatic N) is 2. The second-order valence-corrected chi connectivity index (χ2v) is 10.1. The number of carbonyl (C=O) groups is 1. The molecule has 0 atom stereocenters. The first-order valence-corrected chi connectivity index (χ1v) is 11.5. The first-order chi connectivity index (χ1) is 13.0. The van der Waals surface area contributed by atoms with Crippen molar-refractivity contribution in [2.24, 2.45) is 5.41 Å². The Morgan fingerprint density at radius 3 is 2.41 bits per heavy atom. The number of benzene rings is 1. The van der Waals surface area contributed by atoms with Gasteiger partial charge >= 0.3 is 0 Å². The molecule has 0 saturated carbocycles. The number of nitrogens with one attached hydrogen (secondary N) is 1. The summed E-state index contributed by atoms with van der Waals surface area (Å²) in [6.45, 7) is 4.78. The molecule has 1 spiro atoms. The molecule has 1 aromatic carbocycles. The number of amides is 1. The van der Waals surface area contributed by atoms with Crippen LogP contribution in [-0.4, -0.2) is 62.8 Å². The predicted molar refractivity (Wildman–Crippen MR) is 104 cm³/mol. The Balaban J connectivity index is 1.48. The molecule has 1 N–H and O–H groups in total. The molecule has 1 aromatic rings. The minimum atomic E-state index is -3.51. The van der Waals surface area contributed by atoms with E-state index in [9.17, 15) is 13.2 Å². The molecule has 27 heavy (non-hydrogen) atoms. The van der Waals surface area contributed by atoms with Crippen molar-refractivity contribution in [1.82, 2.24) is 14.5 Å². The third kappa shape index (κ3) is 3.77. The van der Waals surface area contributed by atoms with Crippen LogP contribution in [0.4, 0.5) is 0 Å². The fourth-order valence-corrected chi connectivity index (χ4v) is 6.20. The van der Waals surface area contributed by atoms with Crippen LogP contribution in [-0.2, 0) is 10.0 Å². The fraction of sp³-hybridized carbons (Fsp3) is 0.650. The van der Waals surface area contributed by atoms with Crippen LogP contribution >= 0.6 is 0 Å². The van der Waals surface area contributed by atoms with Gasteiger partial charge < -0.3 is 10.2 Å². The summed E-state index contributed by atoms with van der Waals surface area (Å²) in [5.41, 5.74) is 0.838. The van der Waals surface area contributed by atoms with E-state index in [1.807, 2.05) is 4.90 Å². The largest absolute Gasteiger partial charge is 0.339 e. The summed E-state index contributed by atoms with van der Waals surface area (Å²) in [5, 5.41) is 3.44. The summed E-state index contributed by atoms with van der Waals surface area (Å²) in [6, 6.07) is 6.60. The summed E-state index contributed by atoms with van der Waals surface area (Å²) in [7, 11) is -3.51. The van der Waals surface area contributed by atoms with E-state index in [-0.39, 0.29) is 10.8 Å². The molecule has 3 heterocycles. The second kappa shape index (κ2) is 7.53. The number of sulfonamides is 1. The van der Waals surface area contributed by atoms with E-state index in [0.717, 1.165) is 58.3 Å². The van der Waals surface area contributed by atoms with Gasteiger partial charge in [0.25, 0.3) is 5.91 Å². The number of piperidine rings is 2. The predicted octanol–water partition coefficient (Wildman–Crippen LogP) is 2.08. The highest BCUT2D eigenvalue weighted by Crippen LogP contribution is 2.37. The zero-order chi connectivity index (χ0) is 18.9. The molecule has 148 valence electrons. The molecule has 0 bridgehead atoms. The zero-order valence-corrected chi connectivity index (χ0v) is 16.6. The Hall–Kier alpha value is -1.44. The molecule has 0 aliphatic carbocycles. The summed E-state index contributed by atoms with van der Waals surface area (Å²) >= 11 is 0. The molecular formula is C20H29N3O3S. The van der Waals surface area contributed by atoms with Crippen molar-refractivity contribution in [3.63, 3.8) is 0 Å². The van der Waals surface area contributed by atoms with Crippen molar-refractivity contribution in [2.75, 3.05) is 39.3 Å². The van der Waals surface area contributed by atoms with Gasteiger partial charge in [-0.25, -0.2) is 8.42 Å². The molecule has 3 fully saturated rings. The normalized spacial score (nSPS) is 23.6. The topological polar surface area (TPSA) is 69.7 Å². The van der Waals surface area contributed by atoms with Crippen LogP contribution in [0.15, 0.2) is 29.2 Å². The molecule has 0 aromatic heterocycles. The van der Waals surface area contributed by atoms with E-state index in [1.54, 1.807) is 28.6 Å². The van der Waals surface area contributed by atoms with Crippen molar-refractivity contribution in [1.29, 1.82) is 0 Å². The fourth-order valence-electron chi connectivity index (χ4n) is 4.63. The number of rotatable bonds is 3. The molecule has 6 nitrogen and oxygen atoms in total. The average Bonchev–Trinajstić information content (AvgIpc) is 3.17. The van der Waals surface area contributed by atoms with Crippen molar-refractivity contribution in [2.45, 2.75) is 43.4 Å². The summed E-state index contributed by atoms with van der Waals surface area (Å²) in [6.07, 6.45) is 6.13. The summed E-state index contributed by atoms with van der Waals surface area (Å²) in [5.74, 6) is -0.0495. The first kappa shape index (κ1) is 18.9. The lowest BCUT2D eigenvalue weighted by atomic mass is 9.78. The van der Waals surface area contributed by atoms with Crippen LogP contribution < -0.4 is 5.32 Å². The molecule has 7 heteroatoms.